The molecule has 0 heterocycles. The van der Waals surface area contributed by atoms with Crippen molar-refractivity contribution in [1.29, 1.82) is 0 Å². The molecule has 0 bridgehead atoms. The zero-order valence-electron chi connectivity index (χ0n) is 7.83. The van der Waals surface area contributed by atoms with E-state index in [-0.39, 0.29) is 11.8 Å². The fourth-order valence-electron chi connectivity index (χ4n) is 1.11. The fraction of sp³-hybridized carbons (Fsp3) is 0.273. The van der Waals surface area contributed by atoms with Crippen molar-refractivity contribution in [3.8, 4) is 5.75 Å². The van der Waals surface area contributed by atoms with Gasteiger partial charge in [0.25, 0.3) is 0 Å². The number of phenols is 1. The van der Waals surface area contributed by atoms with Crippen LogP contribution in [0.5, 0.6) is 5.75 Å². The van der Waals surface area contributed by atoms with Crippen LogP contribution in [0.25, 0.3) is 0 Å². The Hall–Kier alpha value is -1.28. The first-order chi connectivity index (χ1) is 6.09. The molecule has 0 amide bonds. The van der Waals surface area contributed by atoms with Crippen LogP contribution in [0.4, 0.5) is 0 Å². The van der Waals surface area contributed by atoms with Gasteiger partial charge in [-0.1, -0.05) is 24.3 Å². The minimum atomic E-state index is -0.0261. The smallest absolute Gasteiger partial charge is 0.115 e. The summed E-state index contributed by atoms with van der Waals surface area (Å²) in [7, 11) is 0. The molecule has 13 heavy (non-hydrogen) atoms. The molecule has 1 aromatic carbocycles. The summed E-state index contributed by atoms with van der Waals surface area (Å²) in [6.45, 7) is 5.70. The molecule has 1 rings (SSSR count). The number of phenolic OH excluding ortho intramolecular Hbond substituents is 1. The van der Waals surface area contributed by atoms with Crippen molar-refractivity contribution in [3.63, 3.8) is 0 Å². The predicted octanol–water partition coefficient (Wildman–Crippen LogP) is 1.84. The summed E-state index contributed by atoms with van der Waals surface area (Å²) in [6.07, 6.45) is 0.726. The van der Waals surface area contributed by atoms with Crippen molar-refractivity contribution >= 4 is 0 Å². The van der Waals surface area contributed by atoms with Crippen LogP contribution in [0.1, 0.15) is 12.5 Å². The molecule has 0 radical (unpaired) electrons. The first-order valence-electron chi connectivity index (χ1n) is 4.28. The molecule has 1 atom stereocenters. The van der Waals surface area contributed by atoms with Crippen molar-refractivity contribution < 1.29 is 5.11 Å². The van der Waals surface area contributed by atoms with Crippen LogP contribution < -0.4 is 5.73 Å². The molecule has 0 aliphatic carbocycles. The Morgan fingerprint density at radius 1 is 1.62 bits per heavy atom. The molecule has 0 spiro atoms. The first kappa shape index (κ1) is 9.81. The van der Waals surface area contributed by atoms with E-state index in [1.807, 2.05) is 19.1 Å². The highest BCUT2D eigenvalue weighted by Gasteiger charge is 2.04. The molecular formula is C11H15NO. The second kappa shape index (κ2) is 4.10. The Kier molecular flexibility index (Phi) is 3.09. The number of benzene rings is 1. The number of nitrogens with two attached hydrogens (primary N) is 1. The Balaban J connectivity index is 2.69. The van der Waals surface area contributed by atoms with E-state index in [1.165, 1.54) is 0 Å². The third-order valence-electron chi connectivity index (χ3n) is 2.00. The SMILES string of the molecule is C=C(C)C(N)Cc1cccc(O)c1. The van der Waals surface area contributed by atoms with Gasteiger partial charge in [0.1, 0.15) is 5.75 Å². The van der Waals surface area contributed by atoms with Crippen LogP contribution in [0.15, 0.2) is 36.4 Å². The zero-order valence-corrected chi connectivity index (χ0v) is 7.83. The largest absolute Gasteiger partial charge is 0.508 e. The van der Waals surface area contributed by atoms with Crippen LogP contribution in [-0.4, -0.2) is 11.1 Å². The first-order valence-corrected chi connectivity index (χ1v) is 4.28. The Labute approximate surface area is 78.7 Å². The minimum absolute atomic E-state index is 0.0261. The van der Waals surface area contributed by atoms with Gasteiger partial charge in [0, 0.05) is 6.04 Å². The quantitative estimate of drug-likeness (QED) is 0.692. The van der Waals surface area contributed by atoms with Gasteiger partial charge in [-0.3, -0.25) is 0 Å². The monoisotopic (exact) mass is 177 g/mol. The molecular weight excluding hydrogens is 162 g/mol. The summed E-state index contributed by atoms with van der Waals surface area (Å²) in [4.78, 5) is 0. The van der Waals surface area contributed by atoms with Crippen molar-refractivity contribution in [1.82, 2.24) is 0 Å². The average molecular weight is 177 g/mol. The molecule has 2 heteroatoms. The van der Waals surface area contributed by atoms with Gasteiger partial charge < -0.3 is 10.8 Å². The molecule has 0 saturated heterocycles. The average Bonchev–Trinajstić information content (AvgIpc) is 2.04. The Morgan fingerprint density at radius 3 is 2.85 bits per heavy atom. The lowest BCUT2D eigenvalue weighted by Crippen LogP contribution is -2.23. The molecule has 1 unspecified atom stereocenters. The number of aromatic hydroxyl groups is 1. The minimum Gasteiger partial charge on any atom is -0.508 e. The predicted molar refractivity (Wildman–Crippen MR) is 54.6 cm³/mol. The molecule has 0 aromatic heterocycles. The van der Waals surface area contributed by atoms with Gasteiger partial charge in [0.15, 0.2) is 0 Å². The van der Waals surface area contributed by atoms with Crippen LogP contribution in [-0.2, 0) is 6.42 Å². The summed E-state index contributed by atoms with van der Waals surface area (Å²) < 4.78 is 0. The van der Waals surface area contributed by atoms with Crippen molar-refractivity contribution in [2.75, 3.05) is 0 Å². The summed E-state index contributed by atoms with van der Waals surface area (Å²) in [6, 6.07) is 7.11. The van der Waals surface area contributed by atoms with E-state index in [4.69, 9.17) is 5.73 Å². The third kappa shape index (κ3) is 2.92. The van der Waals surface area contributed by atoms with Crippen LogP contribution >= 0.6 is 0 Å². The lowest BCUT2D eigenvalue weighted by Gasteiger charge is -2.10. The summed E-state index contributed by atoms with van der Waals surface area (Å²) in [5.41, 5.74) is 7.82. The van der Waals surface area contributed by atoms with Gasteiger partial charge in [0.05, 0.1) is 0 Å². The highest BCUT2D eigenvalue weighted by Crippen LogP contribution is 2.13. The van der Waals surface area contributed by atoms with Crippen molar-refractivity contribution in [2.45, 2.75) is 19.4 Å². The van der Waals surface area contributed by atoms with Gasteiger partial charge in [-0.15, -0.1) is 0 Å². The van der Waals surface area contributed by atoms with E-state index in [0.29, 0.717) is 0 Å². The fourth-order valence-corrected chi connectivity index (χ4v) is 1.11. The Morgan fingerprint density at radius 2 is 2.31 bits per heavy atom. The van der Waals surface area contributed by atoms with E-state index in [9.17, 15) is 5.11 Å². The lowest BCUT2D eigenvalue weighted by molar-refractivity contribution is 0.474. The van der Waals surface area contributed by atoms with Gasteiger partial charge in [0.2, 0.25) is 0 Å². The van der Waals surface area contributed by atoms with Gasteiger partial charge >= 0.3 is 0 Å². The molecule has 2 nitrogen and oxygen atoms in total. The third-order valence-corrected chi connectivity index (χ3v) is 2.00. The molecule has 3 N–H and O–H groups in total. The molecule has 0 aliphatic heterocycles. The van der Waals surface area contributed by atoms with Gasteiger partial charge in [-0.05, 0) is 31.0 Å². The number of hydrogen-bond donors (Lipinski definition) is 2. The maximum absolute atomic E-state index is 9.20. The van der Waals surface area contributed by atoms with Crippen LogP contribution in [0.3, 0.4) is 0 Å². The van der Waals surface area contributed by atoms with Crippen LogP contribution in [0.2, 0.25) is 0 Å². The molecule has 70 valence electrons. The van der Waals surface area contributed by atoms with E-state index < -0.39 is 0 Å². The second-order valence-corrected chi connectivity index (χ2v) is 3.33. The van der Waals surface area contributed by atoms with Gasteiger partial charge in [-0.2, -0.15) is 0 Å². The highest BCUT2D eigenvalue weighted by atomic mass is 16.3. The zero-order chi connectivity index (χ0) is 9.84. The van der Waals surface area contributed by atoms with E-state index >= 15 is 0 Å². The lowest BCUT2D eigenvalue weighted by atomic mass is 10.0. The molecule has 1 aromatic rings. The number of rotatable bonds is 3. The number of hydrogen-bond acceptors (Lipinski definition) is 2. The molecule has 0 saturated carbocycles. The maximum atomic E-state index is 9.20. The molecule has 0 aliphatic rings. The maximum Gasteiger partial charge on any atom is 0.115 e. The second-order valence-electron chi connectivity index (χ2n) is 3.33. The van der Waals surface area contributed by atoms with E-state index in [0.717, 1.165) is 17.6 Å². The topological polar surface area (TPSA) is 46.2 Å². The van der Waals surface area contributed by atoms with Crippen molar-refractivity contribution in [3.05, 3.63) is 42.0 Å². The normalized spacial score (nSPS) is 12.5. The standard InChI is InChI=1S/C11H15NO/c1-8(2)11(12)7-9-4-3-5-10(13)6-9/h3-6,11,13H,1,7,12H2,2H3. The van der Waals surface area contributed by atoms with E-state index in [1.54, 1.807) is 12.1 Å². The van der Waals surface area contributed by atoms with Gasteiger partial charge in [-0.25, -0.2) is 0 Å². The summed E-state index contributed by atoms with van der Waals surface area (Å²) in [5.74, 6) is 0.284. The summed E-state index contributed by atoms with van der Waals surface area (Å²) in [5, 5.41) is 9.20. The summed E-state index contributed by atoms with van der Waals surface area (Å²) >= 11 is 0. The Bertz CT molecular complexity index is 307. The molecule has 0 fully saturated rings. The highest BCUT2D eigenvalue weighted by molar-refractivity contribution is 5.28. The van der Waals surface area contributed by atoms with Crippen molar-refractivity contribution in [2.24, 2.45) is 5.73 Å². The van der Waals surface area contributed by atoms with E-state index in [2.05, 4.69) is 6.58 Å². The van der Waals surface area contributed by atoms with Crippen LogP contribution in [0, 0.1) is 0 Å².